The van der Waals surface area contributed by atoms with E-state index in [9.17, 15) is 4.79 Å². The summed E-state index contributed by atoms with van der Waals surface area (Å²) in [5.74, 6) is 0.656. The molecule has 0 bridgehead atoms. The standard InChI is InChI=1S/C8H12N4O/c1-4-6(9)7(12-11-4)10-8(13)5-2-3-5/h5H,2-3,9H2,1H3,(H2,10,11,12,13). The highest BCUT2D eigenvalue weighted by Gasteiger charge is 2.30. The molecule has 1 aliphatic rings. The number of hydrogen-bond acceptors (Lipinski definition) is 3. The third-order valence-electron chi connectivity index (χ3n) is 2.18. The Kier molecular flexibility index (Phi) is 1.72. The fraction of sp³-hybridized carbons (Fsp3) is 0.500. The van der Waals surface area contributed by atoms with Crippen molar-refractivity contribution in [1.29, 1.82) is 0 Å². The fourth-order valence-electron chi connectivity index (χ4n) is 1.10. The van der Waals surface area contributed by atoms with Crippen molar-refractivity contribution >= 4 is 17.4 Å². The summed E-state index contributed by atoms with van der Waals surface area (Å²) in [4.78, 5) is 11.3. The van der Waals surface area contributed by atoms with E-state index in [4.69, 9.17) is 5.73 Å². The Labute approximate surface area is 75.7 Å². The van der Waals surface area contributed by atoms with E-state index in [0.717, 1.165) is 18.5 Å². The van der Waals surface area contributed by atoms with E-state index < -0.39 is 0 Å². The average Bonchev–Trinajstić information content (AvgIpc) is 2.89. The molecule has 1 aromatic heterocycles. The summed E-state index contributed by atoms with van der Waals surface area (Å²) < 4.78 is 0. The van der Waals surface area contributed by atoms with Crippen molar-refractivity contribution < 1.29 is 4.79 Å². The van der Waals surface area contributed by atoms with E-state index in [0.29, 0.717) is 11.5 Å². The molecule has 0 spiro atoms. The Balaban J connectivity index is 2.08. The van der Waals surface area contributed by atoms with Crippen LogP contribution in [0.2, 0.25) is 0 Å². The third kappa shape index (κ3) is 1.49. The summed E-state index contributed by atoms with van der Waals surface area (Å²) in [6, 6.07) is 0. The number of anilines is 2. The summed E-state index contributed by atoms with van der Waals surface area (Å²) in [6.07, 6.45) is 1.96. The quantitative estimate of drug-likeness (QED) is 0.624. The number of rotatable bonds is 2. The van der Waals surface area contributed by atoms with Crippen molar-refractivity contribution in [2.75, 3.05) is 11.1 Å². The Hall–Kier alpha value is -1.52. The van der Waals surface area contributed by atoms with Gasteiger partial charge in [-0.15, -0.1) is 0 Å². The largest absolute Gasteiger partial charge is 0.394 e. The van der Waals surface area contributed by atoms with Crippen molar-refractivity contribution in [2.45, 2.75) is 19.8 Å². The number of carbonyl (C=O) groups excluding carboxylic acids is 1. The minimum Gasteiger partial charge on any atom is -0.394 e. The molecule has 13 heavy (non-hydrogen) atoms. The molecular formula is C8H12N4O. The summed E-state index contributed by atoms with van der Waals surface area (Å²) in [5.41, 5.74) is 6.97. The summed E-state index contributed by atoms with van der Waals surface area (Å²) >= 11 is 0. The lowest BCUT2D eigenvalue weighted by Gasteiger charge is -2.00. The monoisotopic (exact) mass is 180 g/mol. The van der Waals surface area contributed by atoms with Crippen LogP contribution in [0.15, 0.2) is 0 Å². The zero-order valence-corrected chi connectivity index (χ0v) is 7.42. The molecule has 1 saturated carbocycles. The number of nitrogens with two attached hydrogens (primary N) is 1. The molecule has 0 radical (unpaired) electrons. The first-order valence-corrected chi connectivity index (χ1v) is 4.30. The minimum atomic E-state index is 0.0261. The molecule has 4 N–H and O–H groups in total. The van der Waals surface area contributed by atoms with Crippen LogP contribution < -0.4 is 11.1 Å². The van der Waals surface area contributed by atoms with Crippen molar-refractivity contribution in [1.82, 2.24) is 10.2 Å². The molecule has 1 aliphatic carbocycles. The Morgan fingerprint density at radius 1 is 1.69 bits per heavy atom. The van der Waals surface area contributed by atoms with Gasteiger partial charge in [0.2, 0.25) is 5.91 Å². The van der Waals surface area contributed by atoms with E-state index in [1.807, 2.05) is 6.92 Å². The Morgan fingerprint density at radius 3 is 2.85 bits per heavy atom. The van der Waals surface area contributed by atoms with Gasteiger partial charge in [0, 0.05) is 5.92 Å². The molecular weight excluding hydrogens is 168 g/mol. The second-order valence-electron chi connectivity index (χ2n) is 3.37. The van der Waals surface area contributed by atoms with Gasteiger partial charge in [0.15, 0.2) is 5.82 Å². The van der Waals surface area contributed by atoms with Gasteiger partial charge in [0.25, 0.3) is 0 Å². The first-order valence-electron chi connectivity index (χ1n) is 4.30. The average molecular weight is 180 g/mol. The van der Waals surface area contributed by atoms with Crippen LogP contribution >= 0.6 is 0 Å². The van der Waals surface area contributed by atoms with Crippen molar-refractivity contribution in [3.8, 4) is 0 Å². The number of aryl methyl sites for hydroxylation is 1. The summed E-state index contributed by atoms with van der Waals surface area (Å²) in [6.45, 7) is 1.81. The molecule has 70 valence electrons. The maximum Gasteiger partial charge on any atom is 0.228 e. The van der Waals surface area contributed by atoms with E-state index in [1.165, 1.54) is 0 Å². The molecule has 5 nitrogen and oxygen atoms in total. The van der Waals surface area contributed by atoms with Crippen LogP contribution in [0.1, 0.15) is 18.5 Å². The van der Waals surface area contributed by atoms with Gasteiger partial charge in [0.05, 0.1) is 11.4 Å². The predicted molar refractivity (Wildman–Crippen MR) is 49.1 cm³/mol. The molecule has 2 rings (SSSR count). The molecule has 0 unspecified atom stereocenters. The number of nitrogens with one attached hydrogen (secondary N) is 2. The van der Waals surface area contributed by atoms with Gasteiger partial charge in [-0.3, -0.25) is 9.89 Å². The predicted octanol–water partition coefficient (Wildman–Crippen LogP) is 0.649. The second kappa shape index (κ2) is 2.76. The number of aromatic nitrogens is 2. The molecule has 0 aliphatic heterocycles. The number of nitrogen functional groups attached to an aromatic ring is 1. The van der Waals surface area contributed by atoms with Gasteiger partial charge in [0.1, 0.15) is 0 Å². The third-order valence-corrected chi connectivity index (χ3v) is 2.18. The van der Waals surface area contributed by atoms with Crippen LogP contribution in [0, 0.1) is 12.8 Å². The van der Waals surface area contributed by atoms with Gasteiger partial charge < -0.3 is 11.1 Å². The van der Waals surface area contributed by atoms with Crippen molar-refractivity contribution in [3.05, 3.63) is 5.69 Å². The van der Waals surface area contributed by atoms with Crippen molar-refractivity contribution in [2.24, 2.45) is 5.92 Å². The van der Waals surface area contributed by atoms with Gasteiger partial charge in [-0.1, -0.05) is 0 Å². The van der Waals surface area contributed by atoms with E-state index in [2.05, 4.69) is 15.5 Å². The zero-order valence-electron chi connectivity index (χ0n) is 7.42. The molecule has 0 atom stereocenters. The van der Waals surface area contributed by atoms with Gasteiger partial charge in [-0.2, -0.15) is 5.10 Å². The minimum absolute atomic E-state index is 0.0261. The SMILES string of the molecule is Cc1[nH]nc(NC(=O)C2CC2)c1N. The molecule has 0 aromatic carbocycles. The lowest BCUT2D eigenvalue weighted by Crippen LogP contribution is -2.14. The van der Waals surface area contributed by atoms with E-state index in [1.54, 1.807) is 0 Å². The number of aromatic amines is 1. The summed E-state index contributed by atoms with van der Waals surface area (Å²) in [5, 5.41) is 9.28. The first-order chi connectivity index (χ1) is 6.18. The van der Waals surface area contributed by atoms with Crippen LogP contribution in [0.5, 0.6) is 0 Å². The van der Waals surface area contributed by atoms with Crippen LogP contribution in [-0.4, -0.2) is 16.1 Å². The van der Waals surface area contributed by atoms with Crippen LogP contribution in [0.3, 0.4) is 0 Å². The lowest BCUT2D eigenvalue weighted by molar-refractivity contribution is -0.117. The van der Waals surface area contributed by atoms with Crippen molar-refractivity contribution in [3.63, 3.8) is 0 Å². The lowest BCUT2D eigenvalue weighted by atomic mass is 10.3. The molecule has 1 heterocycles. The topological polar surface area (TPSA) is 83.8 Å². The highest BCUT2D eigenvalue weighted by Crippen LogP contribution is 2.30. The fourth-order valence-corrected chi connectivity index (χ4v) is 1.10. The number of hydrogen-bond donors (Lipinski definition) is 3. The number of H-pyrrole nitrogens is 1. The maximum atomic E-state index is 11.3. The molecule has 1 amide bonds. The van der Waals surface area contributed by atoms with Gasteiger partial charge in [-0.05, 0) is 19.8 Å². The first kappa shape index (κ1) is 8.10. The maximum absolute atomic E-state index is 11.3. The zero-order chi connectivity index (χ0) is 9.42. The highest BCUT2D eigenvalue weighted by molar-refractivity contribution is 5.95. The van der Waals surface area contributed by atoms with E-state index in [-0.39, 0.29) is 11.8 Å². The van der Waals surface area contributed by atoms with Gasteiger partial charge >= 0.3 is 0 Å². The van der Waals surface area contributed by atoms with E-state index >= 15 is 0 Å². The number of nitrogens with zero attached hydrogens (tertiary/aromatic N) is 1. The molecule has 0 saturated heterocycles. The Morgan fingerprint density at radius 2 is 2.38 bits per heavy atom. The summed E-state index contributed by atoms with van der Waals surface area (Å²) in [7, 11) is 0. The highest BCUT2D eigenvalue weighted by atomic mass is 16.2. The molecule has 1 fully saturated rings. The Bertz CT molecular complexity index is 340. The van der Waals surface area contributed by atoms with Crippen LogP contribution in [0.25, 0.3) is 0 Å². The molecule has 5 heteroatoms. The number of amides is 1. The normalized spacial score (nSPS) is 15.8. The van der Waals surface area contributed by atoms with Gasteiger partial charge in [-0.25, -0.2) is 0 Å². The van der Waals surface area contributed by atoms with Crippen LogP contribution in [-0.2, 0) is 4.79 Å². The number of carbonyl (C=O) groups is 1. The second-order valence-corrected chi connectivity index (χ2v) is 3.37. The smallest absolute Gasteiger partial charge is 0.228 e. The van der Waals surface area contributed by atoms with Crippen LogP contribution in [0.4, 0.5) is 11.5 Å². The molecule has 1 aromatic rings.